The van der Waals surface area contributed by atoms with Crippen LogP contribution in [0.1, 0.15) is 18.1 Å². The number of nitrogens with zero attached hydrogens (tertiary/aromatic N) is 1. The number of benzene rings is 3. The van der Waals surface area contributed by atoms with Gasteiger partial charge in [0.1, 0.15) is 5.57 Å². The van der Waals surface area contributed by atoms with E-state index < -0.39 is 5.97 Å². The molecule has 4 rings (SSSR count). The third-order valence-electron chi connectivity index (χ3n) is 5.20. The van der Waals surface area contributed by atoms with Crippen LogP contribution in [0.4, 0.5) is 5.69 Å². The van der Waals surface area contributed by atoms with Gasteiger partial charge < -0.3 is 9.64 Å². The van der Waals surface area contributed by atoms with Crippen LogP contribution in [-0.2, 0) is 14.3 Å². The third kappa shape index (κ3) is 3.23. The molecule has 1 heterocycles. The summed E-state index contributed by atoms with van der Waals surface area (Å²) < 4.78 is 4.88. The summed E-state index contributed by atoms with van der Waals surface area (Å²) in [6.45, 7) is 3.78. The van der Waals surface area contributed by atoms with Crippen molar-refractivity contribution in [2.24, 2.45) is 0 Å². The number of rotatable bonds is 3. The maximum atomic E-state index is 13.2. The number of carbonyl (C=O) groups is 2. The summed E-state index contributed by atoms with van der Waals surface area (Å²) in [4.78, 5) is 27.4. The monoisotopic (exact) mass is 383 g/mol. The van der Waals surface area contributed by atoms with Crippen molar-refractivity contribution < 1.29 is 14.3 Å². The molecule has 0 amide bonds. The average Bonchev–Trinajstić information content (AvgIpc) is 2.98. The summed E-state index contributed by atoms with van der Waals surface area (Å²) in [7, 11) is 1.29. The molecular formula is C25H21NO3. The Labute approximate surface area is 169 Å². The van der Waals surface area contributed by atoms with Crippen molar-refractivity contribution in [3.8, 4) is 0 Å². The van der Waals surface area contributed by atoms with E-state index in [1.165, 1.54) is 7.11 Å². The van der Waals surface area contributed by atoms with Gasteiger partial charge in [0.05, 0.1) is 12.8 Å². The Kier molecular flexibility index (Phi) is 4.77. The lowest BCUT2D eigenvalue weighted by atomic mass is 10.0. The maximum absolute atomic E-state index is 13.2. The van der Waals surface area contributed by atoms with Crippen molar-refractivity contribution >= 4 is 34.3 Å². The van der Waals surface area contributed by atoms with E-state index in [2.05, 4.69) is 0 Å². The van der Waals surface area contributed by atoms with Gasteiger partial charge in [0, 0.05) is 11.4 Å². The summed E-state index contributed by atoms with van der Waals surface area (Å²) >= 11 is 0. The number of Topliss-reactive ketones (excluding diaryl/α,β-unsaturated/α-hetero) is 1. The Balaban J connectivity index is 1.92. The zero-order valence-corrected chi connectivity index (χ0v) is 16.6. The number of esters is 1. The minimum absolute atomic E-state index is 0.0690. The molecule has 3 aromatic carbocycles. The van der Waals surface area contributed by atoms with Crippen LogP contribution < -0.4 is 4.90 Å². The molecule has 0 unspecified atom stereocenters. The van der Waals surface area contributed by atoms with Gasteiger partial charge in [0.25, 0.3) is 0 Å². The lowest BCUT2D eigenvalue weighted by Crippen LogP contribution is -2.18. The largest absolute Gasteiger partial charge is 0.465 e. The minimum atomic E-state index is -0.620. The quantitative estimate of drug-likeness (QED) is 0.362. The second-order valence-electron chi connectivity index (χ2n) is 7.05. The summed E-state index contributed by atoms with van der Waals surface area (Å²) in [5.41, 5.74) is 3.93. The van der Waals surface area contributed by atoms with Gasteiger partial charge in [-0.15, -0.1) is 0 Å². The molecule has 0 spiro atoms. The molecule has 1 aliphatic rings. The van der Waals surface area contributed by atoms with E-state index >= 15 is 0 Å². The fourth-order valence-corrected chi connectivity index (χ4v) is 3.71. The van der Waals surface area contributed by atoms with Gasteiger partial charge in [0.15, 0.2) is 0 Å². The highest BCUT2D eigenvalue weighted by molar-refractivity contribution is 6.30. The van der Waals surface area contributed by atoms with Crippen LogP contribution in [0.5, 0.6) is 0 Å². The molecule has 4 heteroatoms. The first-order valence-corrected chi connectivity index (χ1v) is 9.41. The SMILES string of the molecule is COC(=O)C1=C(C)N(c2ccc(C)cc2)/C(=C/c2cccc3ccccc23)C1=O. The minimum Gasteiger partial charge on any atom is -0.465 e. The van der Waals surface area contributed by atoms with Gasteiger partial charge in [-0.1, -0.05) is 60.2 Å². The summed E-state index contributed by atoms with van der Waals surface area (Å²) in [6, 6.07) is 21.9. The van der Waals surface area contributed by atoms with Gasteiger partial charge in [0.2, 0.25) is 5.78 Å². The zero-order chi connectivity index (χ0) is 20.5. The Morgan fingerprint density at radius 1 is 0.931 bits per heavy atom. The van der Waals surface area contributed by atoms with Crippen LogP contribution in [0.15, 0.2) is 83.7 Å². The number of ketones is 1. The molecule has 0 aliphatic carbocycles. The van der Waals surface area contributed by atoms with Crippen molar-refractivity contribution in [2.45, 2.75) is 13.8 Å². The predicted molar refractivity (Wildman–Crippen MR) is 115 cm³/mol. The number of anilines is 1. The number of hydrogen-bond acceptors (Lipinski definition) is 4. The average molecular weight is 383 g/mol. The van der Waals surface area contributed by atoms with E-state index in [0.29, 0.717) is 11.4 Å². The summed E-state index contributed by atoms with van der Waals surface area (Å²) in [5, 5.41) is 2.13. The molecule has 0 atom stereocenters. The Morgan fingerprint density at radius 3 is 2.34 bits per heavy atom. The third-order valence-corrected chi connectivity index (χ3v) is 5.20. The molecular weight excluding hydrogens is 362 g/mol. The number of hydrogen-bond donors (Lipinski definition) is 0. The molecule has 144 valence electrons. The predicted octanol–water partition coefficient (Wildman–Crippen LogP) is 5.03. The molecule has 0 N–H and O–H groups in total. The Hall–Kier alpha value is -3.66. The van der Waals surface area contributed by atoms with Crippen LogP contribution in [-0.4, -0.2) is 18.9 Å². The van der Waals surface area contributed by atoms with E-state index in [0.717, 1.165) is 27.6 Å². The van der Waals surface area contributed by atoms with Crippen LogP contribution in [0.2, 0.25) is 0 Å². The summed E-state index contributed by atoms with van der Waals surface area (Å²) in [6.07, 6.45) is 1.85. The summed E-state index contributed by atoms with van der Waals surface area (Å²) in [5.74, 6) is -0.950. The molecule has 0 fully saturated rings. The number of allylic oxidation sites excluding steroid dienone is 2. The molecule has 3 aromatic rings. The number of methoxy groups -OCH3 is 1. The van der Waals surface area contributed by atoms with Crippen molar-refractivity contribution in [1.29, 1.82) is 0 Å². The standard InChI is InChI=1S/C25H21NO3/c1-16-11-13-20(14-12-16)26-17(2)23(25(28)29-3)24(27)22(26)15-19-9-6-8-18-7-4-5-10-21(18)19/h4-15H,1-3H3/b22-15+. The van der Waals surface area contributed by atoms with E-state index in [-0.39, 0.29) is 11.4 Å². The smallest absolute Gasteiger partial charge is 0.343 e. The number of aryl methyl sites for hydroxylation is 1. The highest BCUT2D eigenvalue weighted by atomic mass is 16.5. The van der Waals surface area contributed by atoms with Crippen LogP contribution in [0.25, 0.3) is 16.8 Å². The number of fused-ring (bicyclic) bond motifs is 1. The van der Waals surface area contributed by atoms with Gasteiger partial charge in [-0.3, -0.25) is 4.79 Å². The van der Waals surface area contributed by atoms with E-state index in [4.69, 9.17) is 4.74 Å². The first-order chi connectivity index (χ1) is 14.0. The van der Waals surface area contributed by atoms with Crippen LogP contribution in [0, 0.1) is 6.92 Å². The van der Waals surface area contributed by atoms with Crippen molar-refractivity contribution in [1.82, 2.24) is 0 Å². The molecule has 0 saturated heterocycles. The molecule has 0 aromatic heterocycles. The second-order valence-corrected chi connectivity index (χ2v) is 7.05. The van der Waals surface area contributed by atoms with Gasteiger partial charge in [-0.2, -0.15) is 0 Å². The Bertz CT molecular complexity index is 1180. The van der Waals surface area contributed by atoms with Gasteiger partial charge >= 0.3 is 5.97 Å². The first-order valence-electron chi connectivity index (χ1n) is 9.41. The molecule has 0 saturated carbocycles. The van der Waals surface area contributed by atoms with E-state index in [1.807, 2.05) is 84.6 Å². The van der Waals surface area contributed by atoms with Crippen molar-refractivity contribution in [2.75, 3.05) is 12.0 Å². The lowest BCUT2D eigenvalue weighted by Gasteiger charge is -2.22. The van der Waals surface area contributed by atoms with E-state index in [9.17, 15) is 9.59 Å². The first kappa shape index (κ1) is 18.7. The number of carbonyl (C=O) groups excluding carboxylic acids is 2. The molecule has 0 bridgehead atoms. The van der Waals surface area contributed by atoms with Gasteiger partial charge in [-0.05, 0) is 48.4 Å². The van der Waals surface area contributed by atoms with E-state index in [1.54, 1.807) is 6.92 Å². The second kappa shape index (κ2) is 7.40. The van der Waals surface area contributed by atoms with Crippen molar-refractivity contribution in [3.63, 3.8) is 0 Å². The lowest BCUT2D eigenvalue weighted by molar-refractivity contribution is -0.137. The van der Waals surface area contributed by atoms with Crippen LogP contribution in [0.3, 0.4) is 0 Å². The fraction of sp³-hybridized carbons (Fsp3) is 0.120. The fourth-order valence-electron chi connectivity index (χ4n) is 3.71. The number of ether oxygens (including phenoxy) is 1. The molecule has 0 radical (unpaired) electrons. The topological polar surface area (TPSA) is 46.6 Å². The zero-order valence-electron chi connectivity index (χ0n) is 16.6. The molecule has 1 aliphatic heterocycles. The van der Waals surface area contributed by atoms with Crippen molar-refractivity contribution in [3.05, 3.63) is 94.8 Å². The molecule has 4 nitrogen and oxygen atoms in total. The highest BCUT2D eigenvalue weighted by Crippen LogP contribution is 2.36. The van der Waals surface area contributed by atoms with Gasteiger partial charge in [-0.25, -0.2) is 4.79 Å². The maximum Gasteiger partial charge on any atom is 0.343 e. The van der Waals surface area contributed by atoms with Crippen LogP contribution >= 0.6 is 0 Å². The molecule has 29 heavy (non-hydrogen) atoms. The Morgan fingerprint density at radius 2 is 1.62 bits per heavy atom. The normalized spacial score (nSPS) is 15.5. The highest BCUT2D eigenvalue weighted by Gasteiger charge is 2.38.